The molecular weight excluding hydrogens is 244 g/mol. The minimum Gasteiger partial charge on any atom is -0.326 e. The van der Waals surface area contributed by atoms with E-state index in [0.29, 0.717) is 6.54 Å². The molecule has 19 heavy (non-hydrogen) atoms. The van der Waals surface area contributed by atoms with Gasteiger partial charge < -0.3 is 11.1 Å². The zero-order valence-corrected chi connectivity index (χ0v) is 10.3. The molecule has 0 saturated heterocycles. The topological polar surface area (TPSA) is 98.7 Å². The smallest absolute Gasteiger partial charge is 0.252 e. The first-order valence-electron chi connectivity index (χ1n) is 6.08. The number of nitrogens with two attached hydrogens (primary N) is 1. The Bertz CT molecular complexity index is 573. The van der Waals surface area contributed by atoms with Crippen molar-refractivity contribution in [2.75, 3.05) is 5.32 Å². The van der Waals surface area contributed by atoms with Crippen LogP contribution in [0, 0.1) is 0 Å². The van der Waals surface area contributed by atoms with E-state index in [0.717, 1.165) is 24.1 Å². The van der Waals surface area contributed by atoms with Gasteiger partial charge in [-0.2, -0.15) is 0 Å². The maximum atomic E-state index is 12.3. The summed E-state index contributed by atoms with van der Waals surface area (Å²) < 4.78 is 1.52. The summed E-state index contributed by atoms with van der Waals surface area (Å²) in [7, 11) is 0. The van der Waals surface area contributed by atoms with Crippen LogP contribution in [0.2, 0.25) is 0 Å². The Balaban J connectivity index is 1.74. The first-order chi connectivity index (χ1) is 9.24. The summed E-state index contributed by atoms with van der Waals surface area (Å²) in [5.41, 5.74) is 6.70. The first kappa shape index (κ1) is 11.8. The number of nitrogens with one attached hydrogen (secondary N) is 1. The van der Waals surface area contributed by atoms with Crippen molar-refractivity contribution in [3.8, 4) is 0 Å². The number of tetrazole rings is 1. The van der Waals surface area contributed by atoms with Gasteiger partial charge in [-0.05, 0) is 41.0 Å². The Morgan fingerprint density at radius 2 is 2.11 bits per heavy atom. The monoisotopic (exact) mass is 258 g/mol. The van der Waals surface area contributed by atoms with E-state index >= 15 is 0 Å². The number of nitrogens with zero attached hydrogens (tertiary/aromatic N) is 4. The molecule has 1 aliphatic rings. The Labute approximate surface area is 109 Å². The van der Waals surface area contributed by atoms with Crippen molar-refractivity contribution in [2.24, 2.45) is 5.73 Å². The molecule has 98 valence electrons. The zero-order valence-electron chi connectivity index (χ0n) is 10.3. The third kappa shape index (κ3) is 2.08. The largest absolute Gasteiger partial charge is 0.326 e. The maximum absolute atomic E-state index is 12.3. The fraction of sp³-hybridized carbons (Fsp3) is 0.333. The van der Waals surface area contributed by atoms with Gasteiger partial charge in [0.2, 0.25) is 0 Å². The molecular formula is C12H14N6O. The third-order valence-electron chi connectivity index (χ3n) is 3.38. The molecule has 1 aromatic carbocycles. The molecule has 0 spiro atoms. The lowest BCUT2D eigenvalue weighted by molar-refractivity contribution is -0.120. The van der Waals surface area contributed by atoms with Crippen molar-refractivity contribution in [2.45, 2.75) is 24.9 Å². The zero-order chi connectivity index (χ0) is 13.3. The van der Waals surface area contributed by atoms with E-state index in [1.165, 1.54) is 11.0 Å². The summed E-state index contributed by atoms with van der Waals surface area (Å²) >= 11 is 0. The van der Waals surface area contributed by atoms with Crippen LogP contribution in [-0.4, -0.2) is 26.1 Å². The summed E-state index contributed by atoms with van der Waals surface area (Å²) in [6.45, 7) is 0.489. The Hall–Kier alpha value is -2.28. The highest BCUT2D eigenvalue weighted by Gasteiger charge is 2.53. The van der Waals surface area contributed by atoms with Crippen LogP contribution < -0.4 is 11.1 Å². The lowest BCUT2D eigenvalue weighted by Gasteiger charge is -2.14. The molecule has 7 heteroatoms. The average Bonchev–Trinajstić information content (AvgIpc) is 3.07. The summed E-state index contributed by atoms with van der Waals surface area (Å²) in [6.07, 6.45) is 2.99. The number of carbonyl (C=O) groups excluding carboxylic acids is 1. The van der Waals surface area contributed by atoms with Crippen LogP contribution in [-0.2, 0) is 16.9 Å². The Morgan fingerprint density at radius 1 is 1.37 bits per heavy atom. The minimum atomic E-state index is -0.615. The van der Waals surface area contributed by atoms with E-state index < -0.39 is 5.54 Å². The molecule has 0 aliphatic heterocycles. The summed E-state index contributed by atoms with van der Waals surface area (Å²) in [5.74, 6) is -0.0831. The Morgan fingerprint density at radius 3 is 2.63 bits per heavy atom. The highest BCUT2D eigenvalue weighted by molar-refractivity contribution is 5.98. The van der Waals surface area contributed by atoms with Crippen molar-refractivity contribution in [3.63, 3.8) is 0 Å². The number of aromatic nitrogens is 4. The van der Waals surface area contributed by atoms with Crippen molar-refractivity contribution in [1.29, 1.82) is 0 Å². The number of hydrogen-bond donors (Lipinski definition) is 2. The van der Waals surface area contributed by atoms with Crippen LogP contribution in [0.4, 0.5) is 5.69 Å². The van der Waals surface area contributed by atoms with E-state index in [2.05, 4.69) is 20.8 Å². The standard InChI is InChI=1S/C12H14N6O/c13-7-9-1-3-10(4-2-9)15-11(19)12(5-6-12)18-8-14-16-17-18/h1-4,8H,5-7,13H2,(H,15,19). The molecule has 1 amide bonds. The SMILES string of the molecule is NCc1ccc(NC(=O)C2(n3cnnn3)CC2)cc1. The third-order valence-corrected chi connectivity index (χ3v) is 3.38. The summed E-state index contributed by atoms with van der Waals surface area (Å²) in [4.78, 5) is 12.3. The lowest BCUT2D eigenvalue weighted by atomic mass is 10.2. The van der Waals surface area contributed by atoms with Gasteiger partial charge in [0.25, 0.3) is 5.91 Å². The molecule has 3 rings (SSSR count). The highest BCUT2D eigenvalue weighted by atomic mass is 16.2. The number of anilines is 1. The van der Waals surface area contributed by atoms with Crippen molar-refractivity contribution >= 4 is 11.6 Å². The molecule has 2 aromatic rings. The van der Waals surface area contributed by atoms with Gasteiger partial charge in [-0.25, -0.2) is 4.68 Å². The molecule has 0 unspecified atom stereocenters. The van der Waals surface area contributed by atoms with E-state index in [9.17, 15) is 4.79 Å². The van der Waals surface area contributed by atoms with Gasteiger partial charge in [0.1, 0.15) is 11.9 Å². The molecule has 1 fully saturated rings. The maximum Gasteiger partial charge on any atom is 0.252 e. The van der Waals surface area contributed by atoms with E-state index in [-0.39, 0.29) is 5.91 Å². The lowest BCUT2D eigenvalue weighted by Crippen LogP contribution is -2.33. The summed E-state index contributed by atoms with van der Waals surface area (Å²) in [5, 5.41) is 13.9. The van der Waals surface area contributed by atoms with E-state index in [1.807, 2.05) is 24.3 Å². The number of amides is 1. The fourth-order valence-corrected chi connectivity index (χ4v) is 2.01. The van der Waals surface area contributed by atoms with Gasteiger partial charge in [-0.1, -0.05) is 12.1 Å². The normalized spacial score (nSPS) is 16.1. The first-order valence-corrected chi connectivity index (χ1v) is 6.08. The average molecular weight is 258 g/mol. The van der Waals surface area contributed by atoms with Crippen molar-refractivity contribution < 1.29 is 4.79 Å². The predicted molar refractivity (Wildman–Crippen MR) is 68.0 cm³/mol. The van der Waals surface area contributed by atoms with Gasteiger partial charge in [-0.15, -0.1) is 5.10 Å². The van der Waals surface area contributed by atoms with Crippen LogP contribution in [0.3, 0.4) is 0 Å². The van der Waals surface area contributed by atoms with Gasteiger partial charge in [0.05, 0.1) is 0 Å². The predicted octanol–water partition coefficient (Wildman–Crippen LogP) is 0.260. The number of rotatable bonds is 4. The van der Waals surface area contributed by atoms with Crippen molar-refractivity contribution in [1.82, 2.24) is 20.2 Å². The number of carbonyl (C=O) groups is 1. The molecule has 0 bridgehead atoms. The molecule has 1 saturated carbocycles. The van der Waals surface area contributed by atoms with Gasteiger partial charge in [-0.3, -0.25) is 4.79 Å². The summed E-state index contributed by atoms with van der Waals surface area (Å²) in [6, 6.07) is 7.48. The second-order valence-corrected chi connectivity index (χ2v) is 4.64. The van der Waals surface area contributed by atoms with Crippen LogP contribution in [0.25, 0.3) is 0 Å². The molecule has 1 aromatic heterocycles. The van der Waals surface area contributed by atoms with Gasteiger partial charge >= 0.3 is 0 Å². The van der Waals surface area contributed by atoms with Crippen LogP contribution in [0.1, 0.15) is 18.4 Å². The molecule has 1 aliphatic carbocycles. The molecule has 0 radical (unpaired) electrons. The Kier molecular flexibility index (Phi) is 2.75. The molecule has 0 atom stereocenters. The quantitative estimate of drug-likeness (QED) is 0.819. The van der Waals surface area contributed by atoms with Crippen LogP contribution >= 0.6 is 0 Å². The highest BCUT2D eigenvalue weighted by Crippen LogP contribution is 2.43. The minimum absolute atomic E-state index is 0.0831. The molecule has 1 heterocycles. The van der Waals surface area contributed by atoms with Crippen molar-refractivity contribution in [3.05, 3.63) is 36.2 Å². The molecule has 3 N–H and O–H groups in total. The second-order valence-electron chi connectivity index (χ2n) is 4.64. The van der Waals surface area contributed by atoms with E-state index in [4.69, 9.17) is 5.73 Å². The molecule has 7 nitrogen and oxygen atoms in total. The van der Waals surface area contributed by atoms with E-state index in [1.54, 1.807) is 0 Å². The number of benzene rings is 1. The second kappa shape index (κ2) is 4.43. The number of hydrogen-bond acceptors (Lipinski definition) is 5. The van der Waals surface area contributed by atoms with Gasteiger partial charge in [0, 0.05) is 12.2 Å². The van der Waals surface area contributed by atoms with Gasteiger partial charge in [0.15, 0.2) is 0 Å². The van der Waals surface area contributed by atoms with Crippen LogP contribution in [0.15, 0.2) is 30.6 Å². The van der Waals surface area contributed by atoms with Crippen LogP contribution in [0.5, 0.6) is 0 Å². The fourth-order valence-electron chi connectivity index (χ4n) is 2.01.